The van der Waals surface area contributed by atoms with Crippen LogP contribution >= 0.6 is 27.3 Å². The third-order valence-electron chi connectivity index (χ3n) is 2.71. The molecule has 0 bridgehead atoms. The summed E-state index contributed by atoms with van der Waals surface area (Å²) in [6, 6.07) is 0. The highest BCUT2D eigenvalue weighted by Gasteiger charge is 2.22. The first-order valence-electron chi connectivity index (χ1n) is 5.11. The molecule has 0 aliphatic heterocycles. The average molecular weight is 275 g/mol. The number of thiazole rings is 1. The van der Waals surface area contributed by atoms with Gasteiger partial charge in [-0.1, -0.05) is 12.8 Å². The fraction of sp³-hybridized carbons (Fsp3) is 0.700. The molecule has 78 valence electrons. The molecular weight excluding hydrogens is 260 g/mol. The third kappa shape index (κ3) is 2.18. The second-order valence-electron chi connectivity index (χ2n) is 3.77. The van der Waals surface area contributed by atoms with Crippen molar-refractivity contribution in [2.24, 2.45) is 0 Å². The molecule has 2 rings (SSSR count). The Kier molecular flexibility index (Phi) is 3.57. The van der Waals surface area contributed by atoms with Crippen LogP contribution in [0.2, 0.25) is 0 Å². The Labute approximate surface area is 97.3 Å². The molecule has 0 radical (unpaired) electrons. The summed E-state index contributed by atoms with van der Waals surface area (Å²) >= 11 is 5.43. The summed E-state index contributed by atoms with van der Waals surface area (Å²) in [5.41, 5.74) is 0. The summed E-state index contributed by atoms with van der Waals surface area (Å²) in [5, 5.41) is 4.34. The maximum absolute atomic E-state index is 4.52. The number of hydrogen-bond acceptors (Lipinski definition) is 3. The van der Waals surface area contributed by atoms with Crippen LogP contribution in [-0.2, 0) is 6.54 Å². The van der Waals surface area contributed by atoms with Crippen LogP contribution in [0.25, 0.3) is 0 Å². The summed E-state index contributed by atoms with van der Waals surface area (Å²) in [6.45, 7) is 0.885. The molecular formula is C10H15BrN2S. The van der Waals surface area contributed by atoms with Gasteiger partial charge in [0.2, 0.25) is 0 Å². The summed E-state index contributed by atoms with van der Waals surface area (Å²) in [7, 11) is 1.96. The van der Waals surface area contributed by atoms with E-state index in [-0.39, 0.29) is 0 Å². The van der Waals surface area contributed by atoms with Crippen molar-refractivity contribution in [1.29, 1.82) is 0 Å². The number of nitrogens with zero attached hydrogens (tertiary/aromatic N) is 1. The minimum absolute atomic E-state index is 0.771. The van der Waals surface area contributed by atoms with Gasteiger partial charge in [-0.2, -0.15) is 0 Å². The fourth-order valence-electron chi connectivity index (χ4n) is 2.02. The molecule has 1 aliphatic carbocycles. The number of halogens is 1. The van der Waals surface area contributed by atoms with Gasteiger partial charge in [0.25, 0.3) is 0 Å². The lowest BCUT2D eigenvalue weighted by Gasteiger charge is -2.04. The van der Waals surface area contributed by atoms with E-state index in [1.54, 1.807) is 0 Å². The van der Waals surface area contributed by atoms with E-state index in [1.807, 2.05) is 18.4 Å². The zero-order chi connectivity index (χ0) is 9.97. The molecule has 1 N–H and O–H groups in total. The van der Waals surface area contributed by atoms with Gasteiger partial charge in [0, 0.05) is 11.4 Å². The van der Waals surface area contributed by atoms with E-state index < -0.39 is 0 Å². The van der Waals surface area contributed by atoms with Crippen LogP contribution in [-0.4, -0.2) is 12.0 Å². The first-order chi connectivity index (χ1) is 6.81. The second kappa shape index (κ2) is 4.73. The Morgan fingerprint density at radius 1 is 1.50 bits per heavy atom. The van der Waals surface area contributed by atoms with Gasteiger partial charge < -0.3 is 5.32 Å². The van der Waals surface area contributed by atoms with E-state index in [4.69, 9.17) is 0 Å². The van der Waals surface area contributed by atoms with E-state index in [9.17, 15) is 0 Å². The molecule has 0 unspecified atom stereocenters. The molecule has 0 atom stereocenters. The third-order valence-corrected chi connectivity index (χ3v) is 4.79. The smallest absolute Gasteiger partial charge is 0.120 e. The second-order valence-corrected chi connectivity index (χ2v) is 5.64. The Bertz CT molecular complexity index is 305. The molecule has 0 saturated heterocycles. The number of aromatic nitrogens is 1. The van der Waals surface area contributed by atoms with Gasteiger partial charge in [0.15, 0.2) is 0 Å². The van der Waals surface area contributed by atoms with E-state index in [1.165, 1.54) is 35.6 Å². The molecule has 0 aromatic carbocycles. The van der Waals surface area contributed by atoms with Crippen LogP contribution in [0, 0.1) is 0 Å². The van der Waals surface area contributed by atoms with E-state index in [0.29, 0.717) is 0 Å². The van der Waals surface area contributed by atoms with Gasteiger partial charge in [-0.15, -0.1) is 11.3 Å². The van der Waals surface area contributed by atoms with Crippen molar-refractivity contribution in [2.75, 3.05) is 7.05 Å². The minimum atomic E-state index is 0.771. The first-order valence-corrected chi connectivity index (χ1v) is 6.72. The molecule has 2 nitrogen and oxygen atoms in total. The molecule has 1 aliphatic rings. The zero-order valence-corrected chi connectivity index (χ0v) is 10.7. The van der Waals surface area contributed by atoms with Gasteiger partial charge >= 0.3 is 0 Å². The number of hydrogen-bond donors (Lipinski definition) is 1. The van der Waals surface area contributed by atoms with E-state index >= 15 is 0 Å². The Balaban J connectivity index is 2.15. The molecule has 1 saturated carbocycles. The van der Waals surface area contributed by atoms with Crippen LogP contribution in [0.1, 0.15) is 41.5 Å². The predicted octanol–water partition coefficient (Wildman–Crippen LogP) is 3.28. The summed E-state index contributed by atoms with van der Waals surface area (Å²) in [4.78, 5) is 5.98. The molecule has 1 heterocycles. The number of rotatable bonds is 3. The Morgan fingerprint density at radius 2 is 2.21 bits per heavy atom. The standard InChI is InChI=1S/C10H15BrN2S/c1-12-6-8-13-10(11)9(14-8)7-4-2-3-5-7/h7,12H,2-6H2,1H3. The molecule has 4 heteroatoms. The fourth-order valence-corrected chi connectivity index (χ4v) is 4.06. The minimum Gasteiger partial charge on any atom is -0.314 e. The van der Waals surface area contributed by atoms with Gasteiger partial charge in [0.1, 0.15) is 9.61 Å². The average Bonchev–Trinajstić information content (AvgIpc) is 2.74. The first kappa shape index (κ1) is 10.6. The van der Waals surface area contributed by atoms with Crippen LogP contribution in [0.4, 0.5) is 0 Å². The van der Waals surface area contributed by atoms with Crippen molar-refractivity contribution in [3.63, 3.8) is 0 Å². The topological polar surface area (TPSA) is 24.9 Å². The lowest BCUT2D eigenvalue weighted by molar-refractivity contribution is 0.732. The molecule has 1 aromatic rings. The number of nitrogens with one attached hydrogen (secondary N) is 1. The summed E-state index contributed by atoms with van der Waals surface area (Å²) < 4.78 is 1.08. The van der Waals surface area contributed by atoms with Gasteiger partial charge in [-0.3, -0.25) is 0 Å². The van der Waals surface area contributed by atoms with Crippen molar-refractivity contribution in [3.8, 4) is 0 Å². The van der Waals surface area contributed by atoms with Crippen LogP contribution in [0.15, 0.2) is 4.60 Å². The molecule has 0 spiro atoms. The summed E-state index contributed by atoms with van der Waals surface area (Å²) in [6.07, 6.45) is 5.46. The van der Waals surface area contributed by atoms with Crippen molar-refractivity contribution in [2.45, 2.75) is 38.1 Å². The van der Waals surface area contributed by atoms with Crippen LogP contribution < -0.4 is 5.32 Å². The molecule has 0 amide bonds. The molecule has 14 heavy (non-hydrogen) atoms. The monoisotopic (exact) mass is 274 g/mol. The highest BCUT2D eigenvalue weighted by atomic mass is 79.9. The Morgan fingerprint density at radius 3 is 2.86 bits per heavy atom. The summed E-state index contributed by atoms with van der Waals surface area (Å²) in [5.74, 6) is 0.771. The van der Waals surface area contributed by atoms with Crippen molar-refractivity contribution in [1.82, 2.24) is 10.3 Å². The maximum Gasteiger partial charge on any atom is 0.120 e. The highest BCUT2D eigenvalue weighted by molar-refractivity contribution is 9.10. The lowest BCUT2D eigenvalue weighted by Crippen LogP contribution is -2.03. The van der Waals surface area contributed by atoms with Crippen molar-refractivity contribution < 1.29 is 0 Å². The van der Waals surface area contributed by atoms with Crippen LogP contribution in [0.5, 0.6) is 0 Å². The van der Waals surface area contributed by atoms with Gasteiger partial charge in [-0.25, -0.2) is 4.98 Å². The quantitative estimate of drug-likeness (QED) is 0.915. The largest absolute Gasteiger partial charge is 0.314 e. The molecule has 1 fully saturated rings. The van der Waals surface area contributed by atoms with E-state index in [0.717, 1.165) is 17.1 Å². The SMILES string of the molecule is CNCc1nc(Br)c(C2CCCC2)s1. The highest BCUT2D eigenvalue weighted by Crippen LogP contribution is 2.40. The van der Waals surface area contributed by atoms with E-state index in [2.05, 4.69) is 26.2 Å². The van der Waals surface area contributed by atoms with Gasteiger partial charge in [0.05, 0.1) is 0 Å². The molecule has 1 aromatic heterocycles. The predicted molar refractivity (Wildman–Crippen MR) is 63.8 cm³/mol. The van der Waals surface area contributed by atoms with Crippen molar-refractivity contribution >= 4 is 27.3 Å². The van der Waals surface area contributed by atoms with Crippen molar-refractivity contribution in [3.05, 3.63) is 14.5 Å². The Hall–Kier alpha value is 0.0700. The lowest BCUT2D eigenvalue weighted by atomic mass is 10.1. The van der Waals surface area contributed by atoms with Crippen LogP contribution in [0.3, 0.4) is 0 Å². The normalized spacial score (nSPS) is 17.9. The zero-order valence-electron chi connectivity index (χ0n) is 8.35. The van der Waals surface area contributed by atoms with Gasteiger partial charge in [-0.05, 0) is 41.7 Å². The maximum atomic E-state index is 4.52.